The zero-order valence-electron chi connectivity index (χ0n) is 12.9. The fourth-order valence-corrected chi connectivity index (χ4v) is 2.49. The van der Waals surface area contributed by atoms with Crippen LogP contribution in [0.25, 0.3) is 0 Å². The predicted octanol–water partition coefficient (Wildman–Crippen LogP) is 2.65. The molecule has 1 aliphatic heterocycles. The Morgan fingerprint density at radius 3 is 2.19 bits per heavy atom. The van der Waals surface area contributed by atoms with Gasteiger partial charge in [0.1, 0.15) is 6.10 Å². The Morgan fingerprint density at radius 1 is 1.23 bits per heavy atom. The summed E-state index contributed by atoms with van der Waals surface area (Å²) in [6.45, 7) is 0.576. The van der Waals surface area contributed by atoms with E-state index in [1.54, 1.807) is 24.3 Å². The first-order valence-corrected chi connectivity index (χ1v) is 8.58. The molecule has 0 radical (unpaired) electrons. The van der Waals surface area contributed by atoms with Gasteiger partial charge in [-0.2, -0.15) is 30.4 Å². The number of carbonyl (C=O) groups is 1. The van der Waals surface area contributed by atoms with E-state index < -0.39 is 40.0 Å². The minimum absolute atomic E-state index is 0.00998. The Balaban J connectivity index is 2.00. The lowest BCUT2D eigenvalue weighted by atomic mass is 10.1. The number of benzene rings is 1. The largest absolute Gasteiger partial charge is 0.445 e. The van der Waals surface area contributed by atoms with Crippen LogP contribution >= 0.6 is 0 Å². The number of hydrogen-bond donors (Lipinski definition) is 1. The van der Waals surface area contributed by atoms with Gasteiger partial charge in [0.15, 0.2) is 0 Å². The second kappa shape index (κ2) is 7.08. The van der Waals surface area contributed by atoms with E-state index in [4.69, 9.17) is 9.29 Å². The number of halogens is 5. The Morgan fingerprint density at radius 2 is 1.77 bits per heavy atom. The first-order valence-electron chi connectivity index (χ1n) is 7.14. The zero-order valence-corrected chi connectivity index (χ0v) is 13.7. The van der Waals surface area contributed by atoms with Crippen LogP contribution in [0.5, 0.6) is 0 Å². The summed E-state index contributed by atoms with van der Waals surface area (Å²) < 4.78 is 103. The molecule has 0 bridgehead atoms. The molecule has 0 saturated carbocycles. The Bertz CT molecular complexity index is 755. The van der Waals surface area contributed by atoms with Gasteiger partial charge in [0.05, 0.1) is 6.61 Å². The van der Waals surface area contributed by atoms with Gasteiger partial charge in [-0.25, -0.2) is 0 Å². The number of rotatable bonds is 7. The Hall–Kier alpha value is -1.79. The molecule has 146 valence electrons. The van der Waals surface area contributed by atoms with Crippen LogP contribution < -0.4 is 0 Å². The van der Waals surface area contributed by atoms with Crippen molar-refractivity contribution in [3.8, 4) is 0 Å². The quantitative estimate of drug-likeness (QED) is 0.325. The highest BCUT2D eigenvalue weighted by atomic mass is 32.2. The van der Waals surface area contributed by atoms with Gasteiger partial charge < -0.3 is 9.47 Å². The van der Waals surface area contributed by atoms with Crippen molar-refractivity contribution in [3.05, 3.63) is 35.4 Å². The fraction of sp³-hybridized carbons (Fsp3) is 0.500. The van der Waals surface area contributed by atoms with E-state index in [-0.39, 0.29) is 12.5 Å². The summed E-state index contributed by atoms with van der Waals surface area (Å²) in [4.78, 5) is 11.5. The van der Waals surface area contributed by atoms with Crippen LogP contribution in [-0.4, -0.2) is 43.1 Å². The molecular weight excluding hydrogens is 391 g/mol. The van der Waals surface area contributed by atoms with Crippen molar-refractivity contribution in [1.82, 2.24) is 0 Å². The maximum atomic E-state index is 13.3. The summed E-state index contributed by atoms with van der Waals surface area (Å²) in [6, 6.07) is 6.53. The molecule has 0 spiro atoms. The van der Waals surface area contributed by atoms with E-state index in [1.807, 2.05) is 0 Å². The van der Waals surface area contributed by atoms with Gasteiger partial charge in [-0.1, -0.05) is 24.3 Å². The molecule has 6 nitrogen and oxygen atoms in total. The standard InChI is InChI=1S/C14H13F5O6S/c15-13(16,17)12(14(18,19)26(21,22)23)25-11(20)6-3-8-1-4-9(5-2-8)10-7-24-10/h1-2,4-5,10,12H,3,6-7H2,(H,21,22,23). The van der Waals surface area contributed by atoms with Gasteiger partial charge in [-0.3, -0.25) is 9.35 Å². The van der Waals surface area contributed by atoms with Crippen LogP contribution in [-0.2, 0) is 30.8 Å². The number of carbonyl (C=O) groups excluding carboxylic acids is 1. The number of esters is 1. The van der Waals surface area contributed by atoms with Crippen LogP contribution in [0.15, 0.2) is 24.3 Å². The molecule has 1 aromatic rings. The van der Waals surface area contributed by atoms with E-state index >= 15 is 0 Å². The Labute approximate surface area is 144 Å². The molecule has 1 aromatic carbocycles. The molecule has 2 rings (SSSR count). The lowest BCUT2D eigenvalue weighted by molar-refractivity contribution is -0.259. The SMILES string of the molecule is O=C(CCc1ccc(C2CO2)cc1)OC(C(F)(F)F)C(F)(F)S(=O)(=O)O. The van der Waals surface area contributed by atoms with E-state index in [2.05, 4.69) is 4.74 Å². The summed E-state index contributed by atoms with van der Waals surface area (Å²) >= 11 is 0. The predicted molar refractivity (Wildman–Crippen MR) is 75.9 cm³/mol. The average Bonchev–Trinajstić information content (AvgIpc) is 3.33. The summed E-state index contributed by atoms with van der Waals surface area (Å²) in [5, 5.41) is -5.73. The maximum Gasteiger partial charge on any atom is 0.432 e. The number of aryl methyl sites for hydroxylation is 1. The summed E-state index contributed by atoms with van der Waals surface area (Å²) in [6.07, 6.45) is -11.0. The minimum atomic E-state index is -6.45. The molecule has 1 heterocycles. The third-order valence-corrected chi connectivity index (χ3v) is 4.40. The second-order valence-corrected chi connectivity index (χ2v) is 7.01. The fourth-order valence-electron chi connectivity index (χ4n) is 2.04. The third kappa shape index (κ3) is 4.89. The van der Waals surface area contributed by atoms with Crippen LogP contribution in [0.3, 0.4) is 0 Å². The number of hydrogen-bond acceptors (Lipinski definition) is 5. The summed E-state index contributed by atoms with van der Waals surface area (Å²) in [5.41, 5.74) is 1.40. The zero-order chi connectivity index (χ0) is 19.8. The first kappa shape index (κ1) is 20.5. The van der Waals surface area contributed by atoms with Gasteiger partial charge in [-0.05, 0) is 17.5 Å². The second-order valence-electron chi connectivity index (χ2n) is 5.51. The highest BCUT2D eigenvalue weighted by Gasteiger charge is 2.65. The average molecular weight is 404 g/mol. The molecule has 12 heteroatoms. The van der Waals surface area contributed by atoms with Crippen LogP contribution in [0.4, 0.5) is 22.0 Å². The summed E-state index contributed by atoms with van der Waals surface area (Å²) in [5.74, 6) is -1.69. The van der Waals surface area contributed by atoms with Crippen LogP contribution in [0, 0.1) is 0 Å². The van der Waals surface area contributed by atoms with Crippen molar-refractivity contribution < 1.29 is 49.2 Å². The van der Waals surface area contributed by atoms with Crippen molar-refractivity contribution in [2.75, 3.05) is 6.61 Å². The minimum Gasteiger partial charge on any atom is -0.445 e. The molecular formula is C14H13F5O6S. The lowest BCUT2D eigenvalue weighted by Gasteiger charge is -2.26. The van der Waals surface area contributed by atoms with Crippen molar-refractivity contribution in [1.29, 1.82) is 0 Å². The summed E-state index contributed by atoms with van der Waals surface area (Å²) in [7, 11) is -6.45. The van der Waals surface area contributed by atoms with Crippen LogP contribution in [0.2, 0.25) is 0 Å². The van der Waals surface area contributed by atoms with E-state index in [0.29, 0.717) is 12.2 Å². The first-order chi connectivity index (χ1) is 11.8. The molecule has 2 atom stereocenters. The van der Waals surface area contributed by atoms with Gasteiger partial charge in [-0.15, -0.1) is 0 Å². The molecule has 0 aliphatic carbocycles. The van der Waals surface area contributed by atoms with Crippen molar-refractivity contribution in [2.45, 2.75) is 36.5 Å². The Kier molecular flexibility index (Phi) is 5.59. The number of epoxide rings is 1. The smallest absolute Gasteiger partial charge is 0.432 e. The third-order valence-electron chi connectivity index (χ3n) is 3.50. The van der Waals surface area contributed by atoms with E-state index in [0.717, 1.165) is 5.56 Å². The highest BCUT2D eigenvalue weighted by Crippen LogP contribution is 2.38. The number of alkyl halides is 5. The lowest BCUT2D eigenvalue weighted by Crippen LogP contribution is -2.52. The molecule has 1 fully saturated rings. The molecule has 1 N–H and O–H groups in total. The van der Waals surface area contributed by atoms with Crippen molar-refractivity contribution >= 4 is 16.1 Å². The van der Waals surface area contributed by atoms with E-state index in [9.17, 15) is 35.2 Å². The van der Waals surface area contributed by atoms with Gasteiger partial charge >= 0.3 is 27.5 Å². The highest BCUT2D eigenvalue weighted by molar-refractivity contribution is 7.86. The normalized spacial score (nSPS) is 19.1. The van der Waals surface area contributed by atoms with Crippen molar-refractivity contribution in [2.24, 2.45) is 0 Å². The number of ether oxygens (including phenoxy) is 2. The maximum absolute atomic E-state index is 13.3. The molecule has 0 aromatic heterocycles. The molecule has 1 aliphatic rings. The molecule has 2 unspecified atom stereocenters. The van der Waals surface area contributed by atoms with Gasteiger partial charge in [0, 0.05) is 6.42 Å². The van der Waals surface area contributed by atoms with Gasteiger partial charge in [0.25, 0.3) is 6.10 Å². The van der Waals surface area contributed by atoms with Gasteiger partial charge in [0.2, 0.25) is 0 Å². The molecule has 1 saturated heterocycles. The molecule has 0 amide bonds. The topological polar surface area (TPSA) is 93.2 Å². The monoisotopic (exact) mass is 404 g/mol. The van der Waals surface area contributed by atoms with Crippen molar-refractivity contribution in [3.63, 3.8) is 0 Å². The van der Waals surface area contributed by atoms with E-state index in [1.165, 1.54) is 0 Å². The molecule has 26 heavy (non-hydrogen) atoms. The van der Waals surface area contributed by atoms with Crippen LogP contribution in [0.1, 0.15) is 23.7 Å².